The van der Waals surface area contributed by atoms with Crippen molar-refractivity contribution in [1.82, 2.24) is 9.55 Å². The number of methoxy groups -OCH3 is 2. The van der Waals surface area contributed by atoms with Crippen LogP contribution in [0.25, 0.3) is 5.69 Å². The maximum absolute atomic E-state index is 13.4. The van der Waals surface area contributed by atoms with Gasteiger partial charge in [0.1, 0.15) is 5.82 Å². The highest BCUT2D eigenvalue weighted by Gasteiger charge is 2.08. The lowest BCUT2D eigenvalue weighted by molar-refractivity contribution is 0.354. The number of nitrogens with one attached hydrogen (secondary N) is 1. The Kier molecular flexibility index (Phi) is 5.71. The SMILES string of the molecule is COc1ccc(CCNc2nccn(-c3cccc(F)c3)c2=O)cc1OC. The Labute approximate surface area is 156 Å². The molecule has 0 atom stereocenters. The molecule has 1 aromatic heterocycles. The average Bonchev–Trinajstić information content (AvgIpc) is 2.69. The van der Waals surface area contributed by atoms with Crippen LogP contribution in [0.4, 0.5) is 10.2 Å². The number of hydrogen-bond acceptors (Lipinski definition) is 5. The zero-order valence-electron chi connectivity index (χ0n) is 15.1. The Morgan fingerprint density at radius 3 is 2.67 bits per heavy atom. The highest BCUT2D eigenvalue weighted by molar-refractivity contribution is 5.43. The number of halogens is 1. The molecule has 0 aliphatic carbocycles. The summed E-state index contributed by atoms with van der Waals surface area (Å²) in [5.74, 6) is 1.12. The van der Waals surface area contributed by atoms with Crippen molar-refractivity contribution in [2.24, 2.45) is 0 Å². The molecule has 0 radical (unpaired) electrons. The van der Waals surface area contributed by atoms with Crippen LogP contribution in [-0.4, -0.2) is 30.3 Å². The Morgan fingerprint density at radius 1 is 1.11 bits per heavy atom. The Hall–Kier alpha value is -3.35. The van der Waals surface area contributed by atoms with E-state index in [0.29, 0.717) is 30.2 Å². The van der Waals surface area contributed by atoms with Gasteiger partial charge in [0.05, 0.1) is 19.9 Å². The number of benzene rings is 2. The van der Waals surface area contributed by atoms with Crippen LogP contribution >= 0.6 is 0 Å². The van der Waals surface area contributed by atoms with Crippen LogP contribution in [0.3, 0.4) is 0 Å². The number of nitrogens with zero attached hydrogens (tertiary/aromatic N) is 2. The predicted octanol–water partition coefficient (Wildman–Crippen LogP) is 3.04. The predicted molar refractivity (Wildman–Crippen MR) is 102 cm³/mol. The van der Waals surface area contributed by atoms with Gasteiger partial charge in [-0.05, 0) is 42.3 Å². The molecular weight excluding hydrogens is 349 g/mol. The minimum absolute atomic E-state index is 0.210. The maximum Gasteiger partial charge on any atom is 0.297 e. The van der Waals surface area contributed by atoms with E-state index in [4.69, 9.17) is 9.47 Å². The fraction of sp³-hybridized carbons (Fsp3) is 0.200. The molecule has 7 heteroatoms. The van der Waals surface area contributed by atoms with Crippen LogP contribution in [0.5, 0.6) is 11.5 Å². The van der Waals surface area contributed by atoms with Crippen molar-refractivity contribution in [2.75, 3.05) is 26.1 Å². The number of hydrogen-bond donors (Lipinski definition) is 1. The van der Waals surface area contributed by atoms with E-state index in [1.54, 1.807) is 26.4 Å². The number of anilines is 1. The normalized spacial score (nSPS) is 10.5. The third-order valence-electron chi connectivity index (χ3n) is 4.08. The van der Waals surface area contributed by atoms with E-state index < -0.39 is 5.82 Å². The molecule has 27 heavy (non-hydrogen) atoms. The monoisotopic (exact) mass is 369 g/mol. The molecule has 3 rings (SSSR count). The molecule has 0 aliphatic heterocycles. The van der Waals surface area contributed by atoms with E-state index >= 15 is 0 Å². The average molecular weight is 369 g/mol. The second-order valence-electron chi connectivity index (χ2n) is 5.80. The van der Waals surface area contributed by atoms with Gasteiger partial charge in [0.15, 0.2) is 17.3 Å². The summed E-state index contributed by atoms with van der Waals surface area (Å²) in [4.78, 5) is 16.7. The van der Waals surface area contributed by atoms with Crippen LogP contribution in [-0.2, 0) is 6.42 Å². The Bertz CT molecular complexity index is 988. The lowest BCUT2D eigenvalue weighted by Gasteiger charge is -2.11. The van der Waals surface area contributed by atoms with E-state index in [1.165, 1.54) is 29.1 Å². The fourth-order valence-corrected chi connectivity index (χ4v) is 2.72. The molecule has 0 amide bonds. The first-order valence-corrected chi connectivity index (χ1v) is 8.40. The van der Waals surface area contributed by atoms with E-state index in [1.807, 2.05) is 18.2 Å². The third-order valence-corrected chi connectivity index (χ3v) is 4.08. The molecule has 1 heterocycles. The number of aromatic nitrogens is 2. The maximum atomic E-state index is 13.4. The minimum Gasteiger partial charge on any atom is -0.493 e. The van der Waals surface area contributed by atoms with Crippen LogP contribution in [0.2, 0.25) is 0 Å². The van der Waals surface area contributed by atoms with Gasteiger partial charge < -0.3 is 14.8 Å². The summed E-state index contributed by atoms with van der Waals surface area (Å²) in [5.41, 5.74) is 1.14. The van der Waals surface area contributed by atoms with Crippen molar-refractivity contribution >= 4 is 5.82 Å². The van der Waals surface area contributed by atoms with Crippen LogP contribution < -0.4 is 20.3 Å². The van der Waals surface area contributed by atoms with Gasteiger partial charge in [0, 0.05) is 18.9 Å². The zero-order chi connectivity index (χ0) is 19.2. The van der Waals surface area contributed by atoms with Crippen molar-refractivity contribution < 1.29 is 13.9 Å². The molecule has 0 unspecified atom stereocenters. The van der Waals surface area contributed by atoms with E-state index in [9.17, 15) is 9.18 Å². The largest absolute Gasteiger partial charge is 0.493 e. The molecule has 0 saturated carbocycles. The first kappa shape index (κ1) is 18.4. The lowest BCUT2D eigenvalue weighted by atomic mass is 10.1. The van der Waals surface area contributed by atoms with Gasteiger partial charge in [-0.15, -0.1) is 0 Å². The molecule has 0 aliphatic rings. The van der Waals surface area contributed by atoms with Gasteiger partial charge in [-0.2, -0.15) is 0 Å². The van der Waals surface area contributed by atoms with Gasteiger partial charge in [0.2, 0.25) is 0 Å². The van der Waals surface area contributed by atoms with Crippen LogP contribution in [0, 0.1) is 5.82 Å². The molecule has 2 aromatic carbocycles. The first-order valence-electron chi connectivity index (χ1n) is 8.40. The smallest absolute Gasteiger partial charge is 0.297 e. The second kappa shape index (κ2) is 8.35. The van der Waals surface area contributed by atoms with Crippen LogP contribution in [0.1, 0.15) is 5.56 Å². The van der Waals surface area contributed by atoms with Crippen molar-refractivity contribution in [3.63, 3.8) is 0 Å². The van der Waals surface area contributed by atoms with Gasteiger partial charge in [-0.25, -0.2) is 9.37 Å². The molecule has 0 saturated heterocycles. The summed E-state index contributed by atoms with van der Waals surface area (Å²) in [6, 6.07) is 11.5. The van der Waals surface area contributed by atoms with E-state index in [0.717, 1.165) is 5.56 Å². The number of ether oxygens (including phenoxy) is 2. The Morgan fingerprint density at radius 2 is 1.93 bits per heavy atom. The molecular formula is C20H20FN3O3. The summed E-state index contributed by atoms with van der Waals surface area (Å²) in [7, 11) is 3.17. The van der Waals surface area contributed by atoms with Crippen molar-refractivity contribution in [3.8, 4) is 17.2 Å². The summed E-state index contributed by atoms with van der Waals surface area (Å²) >= 11 is 0. The highest BCUT2D eigenvalue weighted by atomic mass is 19.1. The zero-order valence-corrected chi connectivity index (χ0v) is 15.1. The van der Waals surface area contributed by atoms with Gasteiger partial charge >= 0.3 is 0 Å². The van der Waals surface area contributed by atoms with Crippen LogP contribution in [0.15, 0.2) is 59.7 Å². The molecule has 140 valence electrons. The van der Waals surface area contributed by atoms with Gasteiger partial charge in [-0.3, -0.25) is 9.36 Å². The molecule has 3 aromatic rings. The summed E-state index contributed by atoms with van der Waals surface area (Å²) < 4.78 is 25.3. The Balaban J connectivity index is 1.72. The minimum atomic E-state index is -0.404. The molecule has 0 fully saturated rings. The highest BCUT2D eigenvalue weighted by Crippen LogP contribution is 2.27. The van der Waals surface area contributed by atoms with E-state index in [2.05, 4.69) is 10.3 Å². The summed E-state index contributed by atoms with van der Waals surface area (Å²) in [6.07, 6.45) is 3.68. The number of rotatable bonds is 7. The standard InChI is InChI=1S/C20H20FN3O3/c1-26-17-7-6-14(12-18(17)27-2)8-9-22-19-20(25)24(11-10-23-19)16-5-3-4-15(21)13-16/h3-7,10-13H,8-9H2,1-2H3,(H,22,23). The van der Waals surface area contributed by atoms with Crippen molar-refractivity contribution in [3.05, 3.63) is 76.6 Å². The fourth-order valence-electron chi connectivity index (χ4n) is 2.72. The van der Waals surface area contributed by atoms with Gasteiger partial charge in [-0.1, -0.05) is 12.1 Å². The van der Waals surface area contributed by atoms with Crippen molar-refractivity contribution in [1.29, 1.82) is 0 Å². The topological polar surface area (TPSA) is 65.4 Å². The molecule has 0 spiro atoms. The molecule has 0 bridgehead atoms. The lowest BCUT2D eigenvalue weighted by Crippen LogP contribution is -2.24. The first-order chi connectivity index (χ1) is 13.1. The third kappa shape index (κ3) is 4.25. The second-order valence-corrected chi connectivity index (χ2v) is 5.80. The summed E-state index contributed by atoms with van der Waals surface area (Å²) in [6.45, 7) is 0.505. The molecule has 1 N–H and O–H groups in total. The molecule has 6 nitrogen and oxygen atoms in total. The summed E-state index contributed by atoms with van der Waals surface area (Å²) in [5, 5.41) is 3.04. The van der Waals surface area contributed by atoms with E-state index in [-0.39, 0.29) is 11.4 Å². The quantitative estimate of drug-likeness (QED) is 0.693. The van der Waals surface area contributed by atoms with Crippen molar-refractivity contribution in [2.45, 2.75) is 6.42 Å². The van der Waals surface area contributed by atoms with Gasteiger partial charge in [0.25, 0.3) is 5.56 Å².